The topological polar surface area (TPSA) is 115 Å². The summed E-state index contributed by atoms with van der Waals surface area (Å²) in [6.07, 6.45) is 1.32. The maximum Gasteiger partial charge on any atom is 0.305 e. The Balaban J connectivity index is 2.19. The SMILES string of the molecule is N=C(N)c1ccc(Oc2ccc([N+](=O)[O-])c(F)c2)cn1. The Morgan fingerprint density at radius 3 is 2.55 bits per heavy atom. The lowest BCUT2D eigenvalue weighted by Crippen LogP contribution is -2.12. The quantitative estimate of drug-likeness (QED) is 0.384. The molecule has 0 spiro atoms. The van der Waals surface area contributed by atoms with Gasteiger partial charge < -0.3 is 10.5 Å². The largest absolute Gasteiger partial charge is 0.456 e. The lowest BCUT2D eigenvalue weighted by molar-refractivity contribution is -0.387. The van der Waals surface area contributed by atoms with Crippen LogP contribution in [0.4, 0.5) is 10.1 Å². The molecule has 0 amide bonds. The lowest BCUT2D eigenvalue weighted by Gasteiger charge is -2.06. The van der Waals surface area contributed by atoms with Gasteiger partial charge in [-0.25, -0.2) is 4.98 Å². The second-order valence-corrected chi connectivity index (χ2v) is 3.77. The Labute approximate surface area is 112 Å². The normalized spacial score (nSPS) is 10.1. The predicted molar refractivity (Wildman–Crippen MR) is 68.4 cm³/mol. The average molecular weight is 276 g/mol. The lowest BCUT2D eigenvalue weighted by atomic mass is 10.3. The van der Waals surface area contributed by atoms with Crippen molar-refractivity contribution in [2.45, 2.75) is 0 Å². The molecule has 20 heavy (non-hydrogen) atoms. The summed E-state index contributed by atoms with van der Waals surface area (Å²) in [6.45, 7) is 0. The molecule has 0 saturated carbocycles. The molecule has 0 aliphatic heterocycles. The minimum atomic E-state index is -0.985. The van der Waals surface area contributed by atoms with Gasteiger partial charge in [-0.1, -0.05) is 0 Å². The van der Waals surface area contributed by atoms with Crippen molar-refractivity contribution in [3.8, 4) is 11.5 Å². The van der Waals surface area contributed by atoms with E-state index in [-0.39, 0.29) is 17.3 Å². The highest BCUT2D eigenvalue weighted by atomic mass is 19.1. The number of halogens is 1. The molecular weight excluding hydrogens is 267 g/mol. The van der Waals surface area contributed by atoms with E-state index >= 15 is 0 Å². The highest BCUT2D eigenvalue weighted by Crippen LogP contribution is 2.26. The molecule has 0 radical (unpaired) electrons. The van der Waals surface area contributed by atoms with E-state index in [1.54, 1.807) is 0 Å². The van der Waals surface area contributed by atoms with E-state index in [2.05, 4.69) is 4.98 Å². The summed E-state index contributed by atoms with van der Waals surface area (Å²) in [6, 6.07) is 6.18. The Kier molecular flexibility index (Phi) is 3.56. The number of nitrogens with one attached hydrogen (secondary N) is 1. The molecule has 1 aromatic heterocycles. The average Bonchev–Trinajstić information content (AvgIpc) is 2.39. The van der Waals surface area contributed by atoms with E-state index in [0.29, 0.717) is 5.75 Å². The van der Waals surface area contributed by atoms with Gasteiger partial charge in [-0.2, -0.15) is 4.39 Å². The zero-order valence-electron chi connectivity index (χ0n) is 10.0. The Morgan fingerprint density at radius 1 is 1.35 bits per heavy atom. The molecule has 0 atom stereocenters. The van der Waals surface area contributed by atoms with E-state index in [1.807, 2.05) is 0 Å². The van der Waals surface area contributed by atoms with Crippen LogP contribution in [0.15, 0.2) is 36.5 Å². The predicted octanol–water partition coefficient (Wildman–Crippen LogP) is 2.21. The van der Waals surface area contributed by atoms with Crippen molar-refractivity contribution in [1.29, 1.82) is 5.41 Å². The van der Waals surface area contributed by atoms with Crippen LogP contribution in [0.25, 0.3) is 0 Å². The molecule has 2 aromatic rings. The summed E-state index contributed by atoms with van der Waals surface area (Å²) >= 11 is 0. The molecule has 0 fully saturated rings. The van der Waals surface area contributed by atoms with E-state index in [4.69, 9.17) is 15.9 Å². The van der Waals surface area contributed by atoms with Gasteiger partial charge >= 0.3 is 5.69 Å². The zero-order chi connectivity index (χ0) is 14.7. The second-order valence-electron chi connectivity index (χ2n) is 3.77. The van der Waals surface area contributed by atoms with Gasteiger partial charge in [0.15, 0.2) is 0 Å². The van der Waals surface area contributed by atoms with Crippen LogP contribution in [0.3, 0.4) is 0 Å². The number of rotatable bonds is 4. The van der Waals surface area contributed by atoms with Crippen molar-refractivity contribution < 1.29 is 14.1 Å². The molecular formula is C12H9FN4O3. The van der Waals surface area contributed by atoms with Gasteiger partial charge in [0.25, 0.3) is 0 Å². The summed E-state index contributed by atoms with van der Waals surface area (Å²) in [5.74, 6) is -0.771. The summed E-state index contributed by atoms with van der Waals surface area (Å²) in [4.78, 5) is 13.5. The number of aromatic nitrogens is 1. The number of nitrogen functional groups attached to an aromatic ring is 1. The highest BCUT2D eigenvalue weighted by molar-refractivity contribution is 5.92. The van der Waals surface area contributed by atoms with Crippen LogP contribution in [0.1, 0.15) is 5.69 Å². The number of benzene rings is 1. The maximum absolute atomic E-state index is 13.4. The van der Waals surface area contributed by atoms with Gasteiger partial charge in [-0.15, -0.1) is 0 Å². The first kappa shape index (κ1) is 13.4. The third kappa shape index (κ3) is 2.86. The summed E-state index contributed by atoms with van der Waals surface area (Å²) < 4.78 is 18.7. The van der Waals surface area contributed by atoms with Crippen LogP contribution in [0, 0.1) is 21.3 Å². The molecule has 102 valence electrons. The molecule has 1 aromatic carbocycles. The van der Waals surface area contributed by atoms with Crippen LogP contribution in [0.2, 0.25) is 0 Å². The third-order valence-electron chi connectivity index (χ3n) is 2.36. The van der Waals surface area contributed by atoms with Crippen molar-refractivity contribution in [2.75, 3.05) is 0 Å². The number of amidine groups is 1. The van der Waals surface area contributed by atoms with Crippen LogP contribution in [-0.4, -0.2) is 15.7 Å². The maximum atomic E-state index is 13.4. The number of pyridine rings is 1. The highest BCUT2D eigenvalue weighted by Gasteiger charge is 2.14. The fourth-order valence-corrected chi connectivity index (χ4v) is 1.44. The minimum Gasteiger partial charge on any atom is -0.456 e. The molecule has 0 aliphatic rings. The Hall–Kier alpha value is -3.03. The van der Waals surface area contributed by atoms with Gasteiger partial charge in [-0.05, 0) is 18.2 Å². The van der Waals surface area contributed by atoms with Crippen molar-refractivity contribution in [2.24, 2.45) is 5.73 Å². The first-order valence-electron chi connectivity index (χ1n) is 5.39. The van der Waals surface area contributed by atoms with Crippen molar-refractivity contribution in [3.63, 3.8) is 0 Å². The van der Waals surface area contributed by atoms with Crippen molar-refractivity contribution in [3.05, 3.63) is 58.2 Å². The van der Waals surface area contributed by atoms with Crippen LogP contribution in [-0.2, 0) is 0 Å². The third-order valence-corrected chi connectivity index (χ3v) is 2.36. The smallest absolute Gasteiger partial charge is 0.305 e. The van der Waals surface area contributed by atoms with E-state index < -0.39 is 16.4 Å². The molecule has 2 rings (SSSR count). The summed E-state index contributed by atoms with van der Waals surface area (Å²) in [7, 11) is 0. The summed E-state index contributed by atoms with van der Waals surface area (Å²) in [5, 5.41) is 17.7. The molecule has 1 heterocycles. The molecule has 0 bridgehead atoms. The van der Waals surface area contributed by atoms with Gasteiger partial charge in [0, 0.05) is 12.1 Å². The Bertz CT molecular complexity index is 673. The zero-order valence-corrected chi connectivity index (χ0v) is 10.0. The van der Waals surface area contributed by atoms with E-state index in [1.165, 1.54) is 24.4 Å². The monoisotopic (exact) mass is 276 g/mol. The van der Waals surface area contributed by atoms with Gasteiger partial charge in [0.05, 0.1) is 11.1 Å². The number of hydrogen-bond acceptors (Lipinski definition) is 5. The summed E-state index contributed by atoms with van der Waals surface area (Å²) in [5.41, 5.74) is 4.91. The number of nitrogens with two attached hydrogens (primary N) is 1. The van der Waals surface area contributed by atoms with Gasteiger partial charge in [0.1, 0.15) is 23.0 Å². The fourth-order valence-electron chi connectivity index (χ4n) is 1.44. The van der Waals surface area contributed by atoms with E-state index in [0.717, 1.165) is 12.1 Å². The first-order chi connectivity index (χ1) is 9.47. The van der Waals surface area contributed by atoms with Crippen LogP contribution >= 0.6 is 0 Å². The molecule has 7 nitrogen and oxygen atoms in total. The second kappa shape index (κ2) is 5.31. The standard InChI is InChI=1S/C12H9FN4O3/c13-9-5-7(2-4-11(9)17(18)19)20-8-1-3-10(12(14)15)16-6-8/h1-6H,(H3,14,15). The fraction of sp³-hybridized carbons (Fsp3) is 0. The Morgan fingerprint density at radius 2 is 2.05 bits per heavy atom. The molecule has 3 N–H and O–H groups in total. The number of nitro benzene ring substituents is 1. The molecule has 0 unspecified atom stereocenters. The minimum absolute atomic E-state index is 0.102. The molecule has 0 saturated heterocycles. The first-order valence-corrected chi connectivity index (χ1v) is 5.39. The van der Waals surface area contributed by atoms with Crippen LogP contribution < -0.4 is 10.5 Å². The number of nitro groups is 1. The van der Waals surface area contributed by atoms with Gasteiger partial charge in [0.2, 0.25) is 5.82 Å². The number of nitrogens with zero attached hydrogens (tertiary/aromatic N) is 2. The van der Waals surface area contributed by atoms with Crippen LogP contribution in [0.5, 0.6) is 11.5 Å². The number of ether oxygens (including phenoxy) is 1. The number of hydrogen-bond donors (Lipinski definition) is 2. The van der Waals surface area contributed by atoms with Gasteiger partial charge in [-0.3, -0.25) is 15.5 Å². The van der Waals surface area contributed by atoms with E-state index in [9.17, 15) is 14.5 Å². The molecule has 8 heteroatoms. The van der Waals surface area contributed by atoms with Crippen molar-refractivity contribution in [1.82, 2.24) is 4.98 Å². The molecule has 0 aliphatic carbocycles. The van der Waals surface area contributed by atoms with Crippen molar-refractivity contribution >= 4 is 11.5 Å².